The van der Waals surface area contributed by atoms with Gasteiger partial charge in [-0.05, 0) is 55.2 Å². The fourth-order valence-corrected chi connectivity index (χ4v) is 2.71. The zero-order chi connectivity index (χ0) is 13.1. The second-order valence-corrected chi connectivity index (χ2v) is 5.00. The Morgan fingerprint density at radius 2 is 2.17 bits per heavy atom. The van der Waals surface area contributed by atoms with Gasteiger partial charge in [-0.1, -0.05) is 17.5 Å². The molecule has 1 N–H and O–H groups in total. The Kier molecular flexibility index (Phi) is 4.04. The van der Waals surface area contributed by atoms with Crippen LogP contribution in [0.2, 0.25) is 0 Å². The molecule has 0 aliphatic rings. The van der Waals surface area contributed by atoms with Gasteiger partial charge in [0.15, 0.2) is 0 Å². The molecular formula is C13H16FN3S. The van der Waals surface area contributed by atoms with E-state index in [2.05, 4.69) is 14.9 Å². The van der Waals surface area contributed by atoms with Crippen LogP contribution in [0.4, 0.5) is 4.39 Å². The second kappa shape index (κ2) is 5.54. The summed E-state index contributed by atoms with van der Waals surface area (Å²) in [4.78, 5) is 1.05. The van der Waals surface area contributed by atoms with Crippen molar-refractivity contribution in [3.8, 4) is 0 Å². The van der Waals surface area contributed by atoms with Crippen LogP contribution in [0.5, 0.6) is 0 Å². The third-order valence-electron chi connectivity index (χ3n) is 2.91. The summed E-state index contributed by atoms with van der Waals surface area (Å²) in [7, 11) is 0. The Morgan fingerprint density at radius 1 is 1.39 bits per heavy atom. The lowest BCUT2D eigenvalue weighted by Crippen LogP contribution is -2.22. The minimum absolute atomic E-state index is 0.0364. The van der Waals surface area contributed by atoms with Gasteiger partial charge in [-0.15, -0.1) is 5.10 Å². The molecule has 0 spiro atoms. The first kappa shape index (κ1) is 13.1. The summed E-state index contributed by atoms with van der Waals surface area (Å²) in [6.45, 7) is 6.75. The molecule has 2 aromatic rings. The summed E-state index contributed by atoms with van der Waals surface area (Å²) in [5.74, 6) is -0.214. The lowest BCUT2D eigenvalue weighted by Gasteiger charge is -2.19. The van der Waals surface area contributed by atoms with E-state index in [0.29, 0.717) is 0 Å². The quantitative estimate of drug-likeness (QED) is 0.923. The maximum Gasteiger partial charge on any atom is 0.123 e. The van der Waals surface area contributed by atoms with Gasteiger partial charge in [0.05, 0.1) is 16.6 Å². The summed E-state index contributed by atoms with van der Waals surface area (Å²) >= 11 is 1.36. The fourth-order valence-electron chi connectivity index (χ4n) is 1.97. The average molecular weight is 265 g/mol. The molecule has 1 unspecified atom stereocenters. The largest absolute Gasteiger partial charge is 0.306 e. The summed E-state index contributed by atoms with van der Waals surface area (Å²) < 4.78 is 17.4. The molecule has 0 saturated carbocycles. The van der Waals surface area contributed by atoms with E-state index in [9.17, 15) is 4.39 Å². The monoisotopic (exact) mass is 265 g/mol. The number of benzene rings is 1. The Bertz CT molecular complexity index is 539. The molecule has 0 amide bonds. The van der Waals surface area contributed by atoms with Gasteiger partial charge in [0, 0.05) is 0 Å². The van der Waals surface area contributed by atoms with Crippen molar-refractivity contribution in [1.82, 2.24) is 14.9 Å². The Labute approximate surface area is 110 Å². The highest BCUT2D eigenvalue weighted by molar-refractivity contribution is 7.05. The van der Waals surface area contributed by atoms with Gasteiger partial charge in [0.2, 0.25) is 0 Å². The van der Waals surface area contributed by atoms with Crippen LogP contribution in [0.1, 0.15) is 34.7 Å². The van der Waals surface area contributed by atoms with Gasteiger partial charge in [0.1, 0.15) is 5.82 Å². The van der Waals surface area contributed by atoms with E-state index in [1.54, 1.807) is 12.1 Å². The number of rotatable bonds is 4. The van der Waals surface area contributed by atoms with Crippen molar-refractivity contribution in [1.29, 1.82) is 0 Å². The molecule has 96 valence electrons. The van der Waals surface area contributed by atoms with Crippen LogP contribution in [0, 0.1) is 19.7 Å². The molecule has 5 heteroatoms. The molecule has 0 radical (unpaired) electrons. The summed E-state index contributed by atoms with van der Waals surface area (Å²) in [5, 5.41) is 7.41. The van der Waals surface area contributed by atoms with E-state index in [4.69, 9.17) is 0 Å². The van der Waals surface area contributed by atoms with E-state index >= 15 is 0 Å². The Balaban J connectivity index is 2.48. The first-order valence-electron chi connectivity index (χ1n) is 5.91. The van der Waals surface area contributed by atoms with E-state index in [1.807, 2.05) is 20.8 Å². The number of nitrogens with zero attached hydrogens (tertiary/aromatic N) is 2. The maximum absolute atomic E-state index is 13.4. The first-order valence-corrected chi connectivity index (χ1v) is 6.69. The number of halogens is 1. The fraction of sp³-hybridized carbons (Fsp3) is 0.385. The van der Waals surface area contributed by atoms with Crippen molar-refractivity contribution < 1.29 is 4.39 Å². The molecule has 3 nitrogen and oxygen atoms in total. The Morgan fingerprint density at radius 3 is 2.78 bits per heavy atom. The van der Waals surface area contributed by atoms with Gasteiger partial charge in [-0.2, -0.15) is 0 Å². The van der Waals surface area contributed by atoms with Crippen molar-refractivity contribution >= 4 is 11.5 Å². The highest BCUT2D eigenvalue weighted by atomic mass is 32.1. The van der Waals surface area contributed by atoms with Gasteiger partial charge >= 0.3 is 0 Å². The van der Waals surface area contributed by atoms with E-state index < -0.39 is 0 Å². The minimum Gasteiger partial charge on any atom is -0.306 e. The van der Waals surface area contributed by atoms with E-state index in [0.717, 1.165) is 28.2 Å². The Hall–Kier alpha value is -1.33. The van der Waals surface area contributed by atoms with Gasteiger partial charge in [-0.25, -0.2) is 4.39 Å². The number of hydrogen-bond donors (Lipinski definition) is 1. The molecule has 1 aromatic heterocycles. The maximum atomic E-state index is 13.4. The van der Waals surface area contributed by atoms with Crippen LogP contribution in [0.15, 0.2) is 18.2 Å². The zero-order valence-corrected chi connectivity index (χ0v) is 11.5. The third-order valence-corrected chi connectivity index (χ3v) is 3.80. The molecule has 1 aromatic carbocycles. The topological polar surface area (TPSA) is 37.8 Å². The van der Waals surface area contributed by atoms with Crippen molar-refractivity contribution in [2.45, 2.75) is 26.8 Å². The second-order valence-electron chi connectivity index (χ2n) is 4.21. The number of nitrogens with one attached hydrogen (secondary N) is 1. The standard InChI is InChI=1S/C13H16FN3S/c1-4-15-12(13-9(3)16-17-18-13)11-7-10(14)6-5-8(11)2/h5-7,12,15H,4H2,1-3H3. The van der Waals surface area contributed by atoms with Crippen molar-refractivity contribution in [2.75, 3.05) is 6.54 Å². The van der Waals surface area contributed by atoms with Gasteiger partial charge in [0.25, 0.3) is 0 Å². The molecule has 1 atom stereocenters. The van der Waals surface area contributed by atoms with Crippen LogP contribution < -0.4 is 5.32 Å². The molecule has 1 heterocycles. The van der Waals surface area contributed by atoms with Crippen molar-refractivity contribution in [3.63, 3.8) is 0 Å². The van der Waals surface area contributed by atoms with E-state index in [-0.39, 0.29) is 11.9 Å². The van der Waals surface area contributed by atoms with Crippen LogP contribution >= 0.6 is 11.5 Å². The zero-order valence-electron chi connectivity index (χ0n) is 10.7. The molecule has 2 rings (SSSR count). The molecule has 0 aliphatic carbocycles. The molecule has 0 bridgehead atoms. The van der Waals surface area contributed by atoms with Gasteiger partial charge < -0.3 is 5.32 Å². The smallest absolute Gasteiger partial charge is 0.123 e. The van der Waals surface area contributed by atoms with Crippen molar-refractivity contribution in [3.05, 3.63) is 45.7 Å². The number of aromatic nitrogens is 2. The predicted octanol–water partition coefficient (Wildman–Crippen LogP) is 2.99. The highest BCUT2D eigenvalue weighted by Crippen LogP contribution is 2.29. The predicted molar refractivity (Wildman–Crippen MR) is 71.3 cm³/mol. The molecule has 0 aliphatic heterocycles. The first-order chi connectivity index (χ1) is 8.63. The normalized spacial score (nSPS) is 12.7. The lowest BCUT2D eigenvalue weighted by molar-refractivity contribution is 0.603. The number of aryl methyl sites for hydroxylation is 2. The lowest BCUT2D eigenvalue weighted by atomic mass is 9.99. The molecule has 0 fully saturated rings. The van der Waals surface area contributed by atoms with Crippen LogP contribution in [-0.4, -0.2) is 16.1 Å². The molecular weight excluding hydrogens is 249 g/mol. The minimum atomic E-state index is -0.214. The number of hydrogen-bond acceptors (Lipinski definition) is 4. The highest BCUT2D eigenvalue weighted by Gasteiger charge is 2.20. The molecule has 18 heavy (non-hydrogen) atoms. The third kappa shape index (κ3) is 2.57. The van der Waals surface area contributed by atoms with Crippen LogP contribution in [0.3, 0.4) is 0 Å². The summed E-state index contributed by atoms with van der Waals surface area (Å²) in [6.07, 6.45) is 0. The van der Waals surface area contributed by atoms with Gasteiger partial charge in [-0.3, -0.25) is 0 Å². The van der Waals surface area contributed by atoms with Crippen molar-refractivity contribution in [2.24, 2.45) is 0 Å². The van der Waals surface area contributed by atoms with E-state index in [1.165, 1.54) is 17.6 Å². The van der Waals surface area contributed by atoms with Crippen LogP contribution in [-0.2, 0) is 0 Å². The SMILES string of the molecule is CCNC(c1cc(F)ccc1C)c1snnc1C. The average Bonchev–Trinajstić information content (AvgIpc) is 2.76. The summed E-state index contributed by atoms with van der Waals surface area (Å²) in [5.41, 5.74) is 2.91. The molecule has 0 saturated heterocycles. The van der Waals surface area contributed by atoms with Crippen LogP contribution in [0.25, 0.3) is 0 Å². The summed E-state index contributed by atoms with van der Waals surface area (Å²) in [6, 6.07) is 4.84.